The lowest BCUT2D eigenvalue weighted by Crippen LogP contribution is -2.38. The third kappa shape index (κ3) is 4.33. The summed E-state index contributed by atoms with van der Waals surface area (Å²) in [6.45, 7) is 8.54. The zero-order valence-electron chi connectivity index (χ0n) is 9.68. The van der Waals surface area contributed by atoms with Crippen LogP contribution in [0, 0.1) is 10.8 Å². The van der Waals surface area contributed by atoms with Crippen molar-refractivity contribution in [3.05, 3.63) is 0 Å². The van der Waals surface area contributed by atoms with Crippen LogP contribution in [0.1, 0.15) is 34.1 Å². The van der Waals surface area contributed by atoms with Crippen LogP contribution in [-0.4, -0.2) is 19.6 Å². The molecule has 4 heteroatoms. The molecule has 0 aromatic heterocycles. The lowest BCUT2D eigenvalue weighted by molar-refractivity contribution is -0.130. The monoisotopic (exact) mass is 219 g/mol. The predicted octanol–water partition coefficient (Wildman–Crippen LogP) is 2.04. The van der Waals surface area contributed by atoms with E-state index >= 15 is 0 Å². The van der Waals surface area contributed by atoms with Crippen LogP contribution in [0.4, 0.5) is 0 Å². The fourth-order valence-electron chi connectivity index (χ4n) is 1.84. The van der Waals surface area contributed by atoms with Crippen LogP contribution in [0.25, 0.3) is 0 Å². The fraction of sp³-hybridized carbons (Fsp3) is 0.900. The van der Waals surface area contributed by atoms with Gasteiger partial charge in [-0.05, 0) is 24.7 Å². The molecule has 0 rings (SSSR count). The van der Waals surface area contributed by atoms with Gasteiger partial charge in [0.15, 0.2) is 0 Å². The Bertz CT molecular complexity index is 202. The first-order valence-corrected chi connectivity index (χ1v) is 5.10. The van der Waals surface area contributed by atoms with Gasteiger partial charge < -0.3 is 9.50 Å². The number of amides is 1. The van der Waals surface area contributed by atoms with Crippen molar-refractivity contribution < 1.29 is 8.98 Å². The number of rotatable bonds is 5. The van der Waals surface area contributed by atoms with Crippen molar-refractivity contribution in [2.75, 3.05) is 13.7 Å². The molecular weight excluding hydrogens is 198 g/mol. The van der Waals surface area contributed by atoms with Gasteiger partial charge in [-0.1, -0.05) is 27.7 Å². The largest absolute Gasteiger partial charge is 0.359 e. The summed E-state index contributed by atoms with van der Waals surface area (Å²) < 4.78 is 4.83. The topological polar surface area (TPSA) is 38.3 Å². The number of carbonyl (C=O) groups excluding carboxylic acids is 1. The molecule has 14 heavy (non-hydrogen) atoms. The molecule has 0 radical (unpaired) electrons. The molecule has 0 saturated heterocycles. The van der Waals surface area contributed by atoms with E-state index in [0.717, 1.165) is 6.42 Å². The Morgan fingerprint density at radius 3 is 2.21 bits per heavy atom. The van der Waals surface area contributed by atoms with Gasteiger partial charge in [0, 0.05) is 12.5 Å². The first-order chi connectivity index (χ1) is 6.25. The average molecular weight is 219 g/mol. The Morgan fingerprint density at radius 1 is 1.36 bits per heavy atom. The van der Waals surface area contributed by atoms with Gasteiger partial charge in [0.05, 0.1) is 6.61 Å². The smallest absolute Gasteiger partial charge is 0.225 e. The van der Waals surface area contributed by atoms with E-state index in [4.69, 9.17) is 4.18 Å². The molecule has 0 aliphatic carbocycles. The first kappa shape index (κ1) is 13.8. The minimum absolute atomic E-state index is 0.0439. The molecule has 0 spiro atoms. The van der Waals surface area contributed by atoms with Crippen LogP contribution in [0.2, 0.25) is 0 Å². The van der Waals surface area contributed by atoms with E-state index in [2.05, 4.69) is 32.1 Å². The van der Waals surface area contributed by atoms with Gasteiger partial charge >= 0.3 is 0 Å². The first-order valence-electron chi connectivity index (χ1n) is 4.74. The van der Waals surface area contributed by atoms with E-state index in [9.17, 15) is 4.79 Å². The van der Waals surface area contributed by atoms with Crippen molar-refractivity contribution >= 4 is 18.8 Å². The zero-order valence-corrected chi connectivity index (χ0v) is 10.6. The van der Waals surface area contributed by atoms with Crippen LogP contribution in [0.15, 0.2) is 0 Å². The van der Waals surface area contributed by atoms with E-state index in [1.54, 1.807) is 7.05 Å². The molecule has 0 aromatic carbocycles. The lowest BCUT2D eigenvalue weighted by atomic mass is 9.75. The second-order valence-corrected chi connectivity index (χ2v) is 5.34. The highest BCUT2D eigenvalue weighted by atomic mass is 32.1. The molecule has 0 heterocycles. The highest BCUT2D eigenvalue weighted by Crippen LogP contribution is 2.34. The van der Waals surface area contributed by atoms with Crippen molar-refractivity contribution in [3.8, 4) is 0 Å². The van der Waals surface area contributed by atoms with Gasteiger partial charge in [0.25, 0.3) is 0 Å². The van der Waals surface area contributed by atoms with E-state index in [1.165, 1.54) is 0 Å². The van der Waals surface area contributed by atoms with Crippen molar-refractivity contribution in [2.45, 2.75) is 34.1 Å². The van der Waals surface area contributed by atoms with Crippen LogP contribution >= 0.6 is 12.9 Å². The molecule has 0 aliphatic heterocycles. The number of carbonyl (C=O) groups is 1. The van der Waals surface area contributed by atoms with Gasteiger partial charge in [0.2, 0.25) is 5.91 Å². The summed E-state index contributed by atoms with van der Waals surface area (Å²) in [7, 11) is 1.66. The molecule has 0 fully saturated rings. The second-order valence-electron chi connectivity index (χ2n) is 5.08. The van der Waals surface area contributed by atoms with Crippen molar-refractivity contribution in [3.63, 3.8) is 0 Å². The van der Waals surface area contributed by atoms with Crippen molar-refractivity contribution in [2.24, 2.45) is 10.8 Å². The van der Waals surface area contributed by atoms with Crippen LogP contribution in [0.5, 0.6) is 0 Å². The molecule has 3 nitrogen and oxygen atoms in total. The number of hydrogen-bond donors (Lipinski definition) is 2. The molecule has 0 saturated carbocycles. The summed E-state index contributed by atoms with van der Waals surface area (Å²) in [6, 6.07) is 0. The molecular formula is C10H21NO2S. The summed E-state index contributed by atoms with van der Waals surface area (Å²) in [4.78, 5) is 11.5. The Kier molecular flexibility index (Phi) is 4.95. The SMILES string of the molecule is CNC(=O)C(C)(C)CC(C)(C)COS. The normalized spacial score (nSPS) is 12.7. The maximum absolute atomic E-state index is 11.5. The summed E-state index contributed by atoms with van der Waals surface area (Å²) >= 11 is 3.74. The molecule has 0 aromatic rings. The van der Waals surface area contributed by atoms with E-state index in [-0.39, 0.29) is 16.7 Å². The Labute approximate surface area is 92.2 Å². The summed E-state index contributed by atoms with van der Waals surface area (Å²) in [5.74, 6) is 0.0599. The highest BCUT2D eigenvalue weighted by Gasteiger charge is 2.34. The van der Waals surface area contributed by atoms with Gasteiger partial charge in [-0.25, -0.2) is 0 Å². The van der Waals surface area contributed by atoms with Crippen LogP contribution in [-0.2, 0) is 8.98 Å². The molecule has 0 aliphatic rings. The van der Waals surface area contributed by atoms with Gasteiger partial charge in [-0.2, -0.15) is 0 Å². The fourth-order valence-corrected chi connectivity index (χ4v) is 2.19. The Morgan fingerprint density at radius 2 is 1.86 bits per heavy atom. The highest BCUT2D eigenvalue weighted by molar-refractivity contribution is 7.75. The maximum Gasteiger partial charge on any atom is 0.225 e. The molecule has 84 valence electrons. The number of thiol groups is 1. The van der Waals surface area contributed by atoms with Gasteiger partial charge in [0.1, 0.15) is 0 Å². The van der Waals surface area contributed by atoms with E-state index in [1.807, 2.05) is 13.8 Å². The third-order valence-electron chi connectivity index (χ3n) is 2.22. The molecule has 0 bridgehead atoms. The standard InChI is InChI=1S/C10H21NO2S/c1-9(2,7-13-14)6-10(3,4)8(12)11-5/h14H,6-7H2,1-5H3,(H,11,12). The minimum Gasteiger partial charge on any atom is -0.359 e. The summed E-state index contributed by atoms with van der Waals surface area (Å²) in [5, 5.41) is 2.67. The molecule has 1 N–H and O–H groups in total. The van der Waals surface area contributed by atoms with Crippen LogP contribution < -0.4 is 5.32 Å². The average Bonchev–Trinajstić information content (AvgIpc) is 2.00. The quantitative estimate of drug-likeness (QED) is 0.548. The minimum atomic E-state index is -0.370. The van der Waals surface area contributed by atoms with E-state index < -0.39 is 0 Å². The molecule has 0 atom stereocenters. The summed E-state index contributed by atoms with van der Waals surface area (Å²) in [6.07, 6.45) is 0.764. The van der Waals surface area contributed by atoms with Crippen LogP contribution in [0.3, 0.4) is 0 Å². The van der Waals surface area contributed by atoms with Crippen molar-refractivity contribution in [1.29, 1.82) is 0 Å². The molecule has 0 unspecified atom stereocenters. The summed E-state index contributed by atoms with van der Waals surface area (Å²) in [5.41, 5.74) is -0.414. The van der Waals surface area contributed by atoms with Crippen molar-refractivity contribution in [1.82, 2.24) is 5.32 Å². The number of nitrogens with one attached hydrogen (secondary N) is 1. The zero-order chi connectivity index (χ0) is 11.4. The van der Waals surface area contributed by atoms with E-state index in [0.29, 0.717) is 6.61 Å². The van der Waals surface area contributed by atoms with Gasteiger partial charge in [-0.15, -0.1) is 0 Å². The second kappa shape index (κ2) is 5.03. The van der Waals surface area contributed by atoms with Gasteiger partial charge in [-0.3, -0.25) is 4.79 Å². The third-order valence-corrected chi connectivity index (χ3v) is 2.35. The Hall–Kier alpha value is -0.220. The maximum atomic E-state index is 11.5. The Balaban J connectivity index is 4.41. The number of hydrogen-bond acceptors (Lipinski definition) is 3. The predicted molar refractivity (Wildman–Crippen MR) is 61.2 cm³/mol. The lowest BCUT2D eigenvalue weighted by Gasteiger charge is -2.32. The molecule has 1 amide bonds.